The molecule has 0 saturated carbocycles. The van der Waals surface area contributed by atoms with Crippen molar-refractivity contribution in [3.63, 3.8) is 0 Å². The predicted molar refractivity (Wildman–Crippen MR) is 123 cm³/mol. The van der Waals surface area contributed by atoms with Crippen LogP contribution in [0.25, 0.3) is 10.6 Å². The average molecular weight is 473 g/mol. The summed E-state index contributed by atoms with van der Waals surface area (Å²) in [6.07, 6.45) is 0.141. The summed E-state index contributed by atoms with van der Waals surface area (Å²) in [5, 5.41) is 15.7. The molecule has 4 heterocycles. The molecule has 0 saturated heterocycles. The highest BCUT2D eigenvalue weighted by atomic mass is 32.1. The van der Waals surface area contributed by atoms with E-state index in [-0.39, 0.29) is 18.7 Å². The maximum atomic E-state index is 14.7. The third kappa shape index (κ3) is 4.49. The van der Waals surface area contributed by atoms with Crippen LogP contribution in [0.2, 0.25) is 0 Å². The Morgan fingerprint density at radius 1 is 1.15 bits per heavy atom. The van der Waals surface area contributed by atoms with Crippen molar-refractivity contribution in [1.29, 1.82) is 0 Å². The molecule has 0 spiro atoms. The van der Waals surface area contributed by atoms with Crippen molar-refractivity contribution >= 4 is 22.8 Å². The second kappa shape index (κ2) is 8.83. The number of hydrogen-bond acceptors (Lipinski definition) is 6. The van der Waals surface area contributed by atoms with Gasteiger partial charge in [-0.3, -0.25) is 4.90 Å². The lowest BCUT2D eigenvalue weighted by molar-refractivity contribution is 0.206. The Kier molecular flexibility index (Phi) is 5.88. The van der Waals surface area contributed by atoms with Crippen LogP contribution in [0.5, 0.6) is 0 Å². The normalized spacial score (nSPS) is 16.5. The van der Waals surface area contributed by atoms with Gasteiger partial charge in [0.05, 0.1) is 23.3 Å². The summed E-state index contributed by atoms with van der Waals surface area (Å²) in [5.74, 6) is -0.446. The molecule has 0 aliphatic carbocycles. The van der Waals surface area contributed by atoms with Gasteiger partial charge in [0, 0.05) is 41.6 Å². The van der Waals surface area contributed by atoms with Crippen molar-refractivity contribution in [3.8, 4) is 10.6 Å². The molecule has 33 heavy (non-hydrogen) atoms. The SMILES string of the molecule is CC(C)N1CCc2cc(-c3cn(Cc4ccc(C5=NN=C(C(F)F)C5)cc4F)nn3)sc2C1. The largest absolute Gasteiger partial charge is 0.296 e. The molecule has 5 rings (SSSR count). The summed E-state index contributed by atoms with van der Waals surface area (Å²) in [6.45, 7) is 6.67. The van der Waals surface area contributed by atoms with Crippen LogP contribution >= 0.6 is 11.3 Å². The third-order valence-corrected chi connectivity index (χ3v) is 7.24. The Labute approximate surface area is 193 Å². The maximum Gasteiger partial charge on any atom is 0.278 e. The molecule has 172 valence electrons. The summed E-state index contributed by atoms with van der Waals surface area (Å²) in [7, 11) is 0. The molecule has 2 aromatic heterocycles. The zero-order chi connectivity index (χ0) is 23.1. The highest BCUT2D eigenvalue weighted by Crippen LogP contribution is 2.34. The van der Waals surface area contributed by atoms with Crippen LogP contribution in [0.15, 0.2) is 40.7 Å². The van der Waals surface area contributed by atoms with Crippen LogP contribution < -0.4 is 0 Å². The molecule has 0 atom stereocenters. The fraction of sp³-hybridized carbons (Fsp3) is 0.391. The smallest absolute Gasteiger partial charge is 0.278 e. The molecule has 1 aromatic carbocycles. The molecule has 2 aliphatic rings. The van der Waals surface area contributed by atoms with Gasteiger partial charge in [-0.1, -0.05) is 17.3 Å². The number of benzene rings is 1. The second-order valence-electron chi connectivity index (χ2n) is 8.60. The monoisotopic (exact) mass is 472 g/mol. The molecule has 0 amide bonds. The topological polar surface area (TPSA) is 58.7 Å². The van der Waals surface area contributed by atoms with E-state index in [9.17, 15) is 13.2 Å². The zero-order valence-corrected chi connectivity index (χ0v) is 19.1. The van der Waals surface area contributed by atoms with Gasteiger partial charge in [-0.15, -0.1) is 16.4 Å². The Morgan fingerprint density at radius 2 is 2.00 bits per heavy atom. The molecule has 2 aliphatic heterocycles. The minimum atomic E-state index is -2.65. The quantitative estimate of drug-likeness (QED) is 0.519. The predicted octanol–water partition coefficient (Wildman–Crippen LogP) is 4.77. The fourth-order valence-electron chi connectivity index (χ4n) is 4.07. The minimum absolute atomic E-state index is 0.0669. The molecule has 0 unspecified atom stereocenters. The Balaban J connectivity index is 1.28. The number of rotatable bonds is 6. The van der Waals surface area contributed by atoms with Crippen molar-refractivity contribution in [2.24, 2.45) is 10.2 Å². The van der Waals surface area contributed by atoms with E-state index in [4.69, 9.17) is 0 Å². The van der Waals surface area contributed by atoms with Crippen molar-refractivity contribution < 1.29 is 13.2 Å². The van der Waals surface area contributed by atoms with Gasteiger partial charge < -0.3 is 0 Å². The van der Waals surface area contributed by atoms with Gasteiger partial charge in [0.2, 0.25) is 0 Å². The van der Waals surface area contributed by atoms with E-state index in [0.29, 0.717) is 22.9 Å². The van der Waals surface area contributed by atoms with Gasteiger partial charge in [-0.25, -0.2) is 17.9 Å². The van der Waals surface area contributed by atoms with E-state index >= 15 is 0 Å². The lowest BCUT2D eigenvalue weighted by atomic mass is 10.0. The van der Waals surface area contributed by atoms with Crippen LogP contribution in [-0.4, -0.2) is 50.3 Å². The molecular formula is C23H23F3N6S. The van der Waals surface area contributed by atoms with Gasteiger partial charge in [-0.2, -0.15) is 10.2 Å². The summed E-state index contributed by atoms with van der Waals surface area (Å²) < 4.78 is 41.9. The van der Waals surface area contributed by atoms with Crippen LogP contribution in [0.1, 0.15) is 41.8 Å². The van der Waals surface area contributed by atoms with Gasteiger partial charge >= 0.3 is 0 Å². The Hall–Kier alpha value is -2.85. The van der Waals surface area contributed by atoms with Crippen LogP contribution in [0, 0.1) is 5.82 Å². The lowest BCUT2D eigenvalue weighted by Crippen LogP contribution is -2.35. The molecular weight excluding hydrogens is 449 g/mol. The first-order chi connectivity index (χ1) is 15.9. The minimum Gasteiger partial charge on any atom is -0.296 e. The van der Waals surface area contributed by atoms with Gasteiger partial charge in [0.25, 0.3) is 6.43 Å². The number of hydrogen-bond donors (Lipinski definition) is 0. The summed E-state index contributed by atoms with van der Waals surface area (Å²) in [4.78, 5) is 4.90. The standard InChI is InChI=1S/C23H23F3N6S/c1-13(2)31-6-5-15-8-21(33-22(15)12-31)20-11-32(30-29-20)10-16-4-3-14(7-17(16)24)18-9-19(23(25)26)28-27-18/h3-4,7-8,11,13,23H,5-6,9-10,12H2,1-2H3. The van der Waals surface area contributed by atoms with Crippen molar-refractivity contribution in [2.45, 2.75) is 52.2 Å². The third-order valence-electron chi connectivity index (χ3n) is 6.05. The number of thiophene rings is 1. The second-order valence-corrected chi connectivity index (χ2v) is 9.73. The van der Waals surface area contributed by atoms with Gasteiger partial charge in [-0.05, 0) is 38.0 Å². The molecule has 0 N–H and O–H groups in total. The number of fused-ring (bicyclic) bond motifs is 1. The van der Waals surface area contributed by atoms with E-state index in [1.165, 1.54) is 16.5 Å². The molecule has 10 heteroatoms. The van der Waals surface area contributed by atoms with Crippen molar-refractivity contribution in [3.05, 3.63) is 57.8 Å². The fourth-order valence-corrected chi connectivity index (χ4v) is 5.26. The van der Waals surface area contributed by atoms with E-state index < -0.39 is 12.2 Å². The highest BCUT2D eigenvalue weighted by molar-refractivity contribution is 7.15. The first-order valence-corrected chi connectivity index (χ1v) is 11.7. The number of aromatic nitrogens is 3. The number of nitrogens with zero attached hydrogens (tertiary/aromatic N) is 6. The van der Waals surface area contributed by atoms with Crippen LogP contribution in [0.3, 0.4) is 0 Å². The Bertz CT molecular complexity index is 1240. The molecule has 6 nitrogen and oxygen atoms in total. The molecule has 0 radical (unpaired) electrons. The summed E-state index contributed by atoms with van der Waals surface area (Å²) in [6, 6.07) is 7.32. The van der Waals surface area contributed by atoms with E-state index in [2.05, 4.69) is 45.3 Å². The van der Waals surface area contributed by atoms with Crippen LogP contribution in [-0.2, 0) is 19.5 Å². The van der Waals surface area contributed by atoms with E-state index in [0.717, 1.165) is 30.1 Å². The molecule has 0 bridgehead atoms. The summed E-state index contributed by atoms with van der Waals surface area (Å²) in [5.41, 5.74) is 3.08. The maximum absolute atomic E-state index is 14.7. The average Bonchev–Trinajstić information content (AvgIpc) is 3.53. The van der Waals surface area contributed by atoms with Crippen molar-refractivity contribution in [2.75, 3.05) is 6.54 Å². The first-order valence-electron chi connectivity index (χ1n) is 10.8. The molecule has 0 fully saturated rings. The number of alkyl halides is 2. The van der Waals surface area contributed by atoms with Crippen LogP contribution in [0.4, 0.5) is 13.2 Å². The lowest BCUT2D eigenvalue weighted by Gasteiger charge is -2.29. The van der Waals surface area contributed by atoms with E-state index in [1.54, 1.807) is 28.2 Å². The van der Waals surface area contributed by atoms with E-state index in [1.807, 2.05) is 6.20 Å². The summed E-state index contributed by atoms with van der Waals surface area (Å²) >= 11 is 1.74. The zero-order valence-electron chi connectivity index (χ0n) is 18.3. The first kappa shape index (κ1) is 22.0. The van der Waals surface area contributed by atoms with Crippen molar-refractivity contribution in [1.82, 2.24) is 19.9 Å². The Morgan fingerprint density at radius 3 is 2.73 bits per heavy atom. The number of halogens is 3. The van der Waals surface area contributed by atoms with Gasteiger partial charge in [0.15, 0.2) is 0 Å². The highest BCUT2D eigenvalue weighted by Gasteiger charge is 2.23. The van der Waals surface area contributed by atoms with Gasteiger partial charge in [0.1, 0.15) is 17.2 Å². The molecule has 3 aromatic rings.